The predicted octanol–water partition coefficient (Wildman–Crippen LogP) is 0.0635. The first-order valence-electron chi connectivity index (χ1n) is 6.27. The van der Waals surface area contributed by atoms with Crippen molar-refractivity contribution < 1.29 is 19.5 Å². The van der Waals surface area contributed by atoms with E-state index >= 15 is 0 Å². The molecule has 19 heavy (non-hydrogen) atoms. The predicted molar refractivity (Wildman–Crippen MR) is 68.6 cm³/mol. The van der Waals surface area contributed by atoms with Crippen molar-refractivity contribution in [2.75, 3.05) is 6.54 Å². The van der Waals surface area contributed by atoms with Gasteiger partial charge >= 0.3 is 12.0 Å². The molecule has 1 atom stereocenters. The largest absolute Gasteiger partial charge is 0.480 e. The standard InChI is InChI=1S/C12H21N3O4/c1-12(2,3)15-11(19)14-8(16)6-13-9(10(17)18)7-4-5-7/h7,9,13H,4-6H2,1-3H3,(H,17,18)(H2,14,15,16,19). The highest BCUT2D eigenvalue weighted by Crippen LogP contribution is 2.32. The van der Waals surface area contributed by atoms with E-state index in [0.29, 0.717) is 0 Å². The molecular formula is C12H21N3O4. The summed E-state index contributed by atoms with van der Waals surface area (Å²) in [5.41, 5.74) is -0.435. The monoisotopic (exact) mass is 271 g/mol. The number of aliphatic carboxylic acids is 1. The number of imide groups is 1. The van der Waals surface area contributed by atoms with Gasteiger partial charge in [0.2, 0.25) is 5.91 Å². The summed E-state index contributed by atoms with van der Waals surface area (Å²) in [5, 5.41) is 16.3. The van der Waals surface area contributed by atoms with Crippen molar-refractivity contribution >= 4 is 17.9 Å². The maximum atomic E-state index is 11.5. The van der Waals surface area contributed by atoms with Crippen LogP contribution in [0, 0.1) is 5.92 Å². The molecule has 0 heterocycles. The zero-order chi connectivity index (χ0) is 14.6. The van der Waals surface area contributed by atoms with Crippen LogP contribution in [0.25, 0.3) is 0 Å². The van der Waals surface area contributed by atoms with E-state index in [9.17, 15) is 14.4 Å². The van der Waals surface area contributed by atoms with E-state index in [1.807, 2.05) is 0 Å². The molecule has 0 aliphatic heterocycles. The molecule has 0 aromatic carbocycles. The zero-order valence-corrected chi connectivity index (χ0v) is 11.4. The number of amides is 3. The first-order chi connectivity index (χ1) is 8.69. The number of carbonyl (C=O) groups excluding carboxylic acids is 2. The van der Waals surface area contributed by atoms with E-state index in [1.165, 1.54) is 0 Å². The van der Waals surface area contributed by atoms with Gasteiger partial charge in [0.25, 0.3) is 0 Å². The summed E-state index contributed by atoms with van der Waals surface area (Å²) < 4.78 is 0. The first-order valence-corrected chi connectivity index (χ1v) is 6.27. The molecule has 0 radical (unpaired) electrons. The maximum absolute atomic E-state index is 11.5. The Hall–Kier alpha value is -1.63. The summed E-state index contributed by atoms with van der Waals surface area (Å²) in [6.07, 6.45) is 1.71. The molecule has 1 fully saturated rings. The third-order valence-corrected chi connectivity index (χ3v) is 2.58. The summed E-state index contributed by atoms with van der Waals surface area (Å²) in [6, 6.07) is -1.30. The van der Waals surface area contributed by atoms with Crippen molar-refractivity contribution in [3.63, 3.8) is 0 Å². The minimum Gasteiger partial charge on any atom is -0.480 e. The van der Waals surface area contributed by atoms with Crippen molar-refractivity contribution in [3.8, 4) is 0 Å². The Bertz CT molecular complexity index is 372. The van der Waals surface area contributed by atoms with Crippen molar-refractivity contribution in [3.05, 3.63) is 0 Å². The molecule has 1 unspecified atom stereocenters. The Kier molecular flexibility index (Phi) is 4.88. The summed E-state index contributed by atoms with van der Waals surface area (Å²) in [5.74, 6) is -1.42. The zero-order valence-electron chi connectivity index (χ0n) is 11.4. The number of carbonyl (C=O) groups is 3. The molecule has 108 valence electrons. The van der Waals surface area contributed by atoms with Gasteiger partial charge in [-0.1, -0.05) is 0 Å². The van der Waals surface area contributed by atoms with Crippen LogP contribution in [0.5, 0.6) is 0 Å². The van der Waals surface area contributed by atoms with E-state index in [4.69, 9.17) is 5.11 Å². The van der Waals surface area contributed by atoms with Crippen molar-refractivity contribution in [2.45, 2.75) is 45.2 Å². The van der Waals surface area contributed by atoms with Gasteiger partial charge in [0.05, 0.1) is 6.54 Å². The fourth-order valence-electron chi connectivity index (χ4n) is 1.63. The number of nitrogens with one attached hydrogen (secondary N) is 3. The Labute approximate surface area is 112 Å². The van der Waals surface area contributed by atoms with Crippen LogP contribution in [0.1, 0.15) is 33.6 Å². The molecule has 0 spiro atoms. The summed E-state index contributed by atoms with van der Waals surface area (Å²) in [4.78, 5) is 33.8. The number of hydrogen-bond acceptors (Lipinski definition) is 4. The molecule has 7 nitrogen and oxygen atoms in total. The van der Waals surface area contributed by atoms with Gasteiger partial charge in [-0.25, -0.2) is 4.79 Å². The van der Waals surface area contributed by atoms with Crippen LogP contribution in [-0.2, 0) is 9.59 Å². The SMILES string of the molecule is CC(C)(C)NC(=O)NC(=O)CNC(C(=O)O)C1CC1. The number of rotatable bonds is 5. The van der Waals surface area contributed by atoms with E-state index in [-0.39, 0.29) is 12.5 Å². The average molecular weight is 271 g/mol. The van der Waals surface area contributed by atoms with Gasteiger partial charge in [-0.2, -0.15) is 0 Å². The van der Waals surface area contributed by atoms with Crippen molar-refractivity contribution in [1.29, 1.82) is 0 Å². The molecule has 4 N–H and O–H groups in total. The van der Waals surface area contributed by atoms with Crippen molar-refractivity contribution in [2.24, 2.45) is 5.92 Å². The molecule has 0 aromatic heterocycles. The third kappa shape index (κ3) is 6.19. The van der Waals surface area contributed by atoms with Gasteiger partial charge in [-0.3, -0.25) is 20.2 Å². The lowest BCUT2D eigenvalue weighted by atomic mass is 10.1. The molecule has 0 bridgehead atoms. The van der Waals surface area contributed by atoms with Crippen LogP contribution in [-0.4, -0.2) is 41.1 Å². The summed E-state index contributed by atoms with van der Waals surface area (Å²) in [6.45, 7) is 5.19. The van der Waals surface area contributed by atoms with Gasteiger partial charge in [0.15, 0.2) is 0 Å². The quantitative estimate of drug-likeness (QED) is 0.565. The van der Waals surface area contributed by atoms with Crippen LogP contribution in [0.3, 0.4) is 0 Å². The fourth-order valence-corrected chi connectivity index (χ4v) is 1.63. The van der Waals surface area contributed by atoms with Gasteiger partial charge in [0, 0.05) is 5.54 Å². The maximum Gasteiger partial charge on any atom is 0.321 e. The van der Waals surface area contributed by atoms with Crippen LogP contribution < -0.4 is 16.0 Å². The second-order valence-corrected chi connectivity index (χ2v) is 5.79. The van der Waals surface area contributed by atoms with E-state index in [1.54, 1.807) is 20.8 Å². The molecule has 1 saturated carbocycles. The highest BCUT2D eigenvalue weighted by Gasteiger charge is 2.36. The lowest BCUT2D eigenvalue weighted by Crippen LogP contribution is -2.51. The van der Waals surface area contributed by atoms with Crippen molar-refractivity contribution in [1.82, 2.24) is 16.0 Å². The lowest BCUT2D eigenvalue weighted by molar-refractivity contribution is -0.140. The van der Waals surface area contributed by atoms with Crippen LogP contribution in [0.2, 0.25) is 0 Å². The number of carboxylic acids is 1. The van der Waals surface area contributed by atoms with Gasteiger partial charge in [0.1, 0.15) is 6.04 Å². The topological polar surface area (TPSA) is 108 Å². The summed E-state index contributed by atoms with van der Waals surface area (Å²) >= 11 is 0. The molecule has 3 amide bonds. The smallest absolute Gasteiger partial charge is 0.321 e. The Morgan fingerprint density at radius 2 is 1.84 bits per heavy atom. The second-order valence-electron chi connectivity index (χ2n) is 5.79. The summed E-state index contributed by atoms with van der Waals surface area (Å²) in [7, 11) is 0. The normalized spacial score (nSPS) is 16.6. The van der Waals surface area contributed by atoms with E-state index in [0.717, 1.165) is 12.8 Å². The van der Waals surface area contributed by atoms with E-state index in [2.05, 4.69) is 16.0 Å². The lowest BCUT2D eigenvalue weighted by Gasteiger charge is -2.20. The molecular weight excluding hydrogens is 250 g/mol. The molecule has 7 heteroatoms. The third-order valence-electron chi connectivity index (χ3n) is 2.58. The second kappa shape index (κ2) is 6.01. The minimum absolute atomic E-state index is 0.0914. The number of urea groups is 1. The van der Waals surface area contributed by atoms with Gasteiger partial charge < -0.3 is 10.4 Å². The van der Waals surface area contributed by atoms with Crippen LogP contribution in [0.15, 0.2) is 0 Å². The first kappa shape index (κ1) is 15.4. The highest BCUT2D eigenvalue weighted by molar-refractivity contribution is 5.95. The Morgan fingerprint density at radius 1 is 1.26 bits per heavy atom. The molecule has 1 rings (SSSR count). The van der Waals surface area contributed by atoms with E-state index < -0.39 is 29.5 Å². The average Bonchev–Trinajstić information content (AvgIpc) is 2.97. The molecule has 1 aliphatic carbocycles. The Morgan fingerprint density at radius 3 is 2.26 bits per heavy atom. The minimum atomic E-state index is -0.963. The fraction of sp³-hybridized carbons (Fsp3) is 0.750. The van der Waals surface area contributed by atoms with Crippen LogP contribution >= 0.6 is 0 Å². The van der Waals surface area contributed by atoms with Crippen LogP contribution in [0.4, 0.5) is 4.79 Å². The highest BCUT2D eigenvalue weighted by atomic mass is 16.4. The Balaban J connectivity index is 2.31. The molecule has 0 saturated heterocycles. The van der Waals surface area contributed by atoms with Gasteiger partial charge in [-0.05, 0) is 39.5 Å². The number of carboxylic acid groups (broad SMARTS) is 1. The number of hydrogen-bond donors (Lipinski definition) is 4. The van der Waals surface area contributed by atoms with Gasteiger partial charge in [-0.15, -0.1) is 0 Å². The molecule has 0 aromatic rings. The molecule has 1 aliphatic rings.